The number of benzene rings is 3. The molecular formula is C25H18N4O3S. The van der Waals surface area contributed by atoms with Crippen LogP contribution < -0.4 is 15.4 Å². The zero-order valence-electron chi connectivity index (χ0n) is 17.3. The van der Waals surface area contributed by atoms with Gasteiger partial charge in [-0.2, -0.15) is 5.26 Å². The number of thiazole rings is 1. The first kappa shape index (κ1) is 21.7. The third-order valence-electron chi connectivity index (χ3n) is 4.63. The Hall–Kier alpha value is -4.48. The quantitative estimate of drug-likeness (QED) is 0.307. The summed E-state index contributed by atoms with van der Waals surface area (Å²) in [5.74, 6) is -0.527. The molecule has 0 bridgehead atoms. The molecule has 33 heavy (non-hydrogen) atoms. The maximum Gasteiger partial charge on any atom is 0.266 e. The molecule has 0 spiro atoms. The molecule has 4 aromatic rings. The van der Waals surface area contributed by atoms with Crippen LogP contribution in [0.15, 0.2) is 83.9 Å². The number of para-hydroxylation sites is 1. The van der Waals surface area contributed by atoms with E-state index in [1.807, 2.05) is 42.5 Å². The zero-order valence-corrected chi connectivity index (χ0v) is 18.1. The highest BCUT2D eigenvalue weighted by Gasteiger charge is 2.13. The first-order chi connectivity index (χ1) is 16.1. The lowest BCUT2D eigenvalue weighted by Crippen LogP contribution is -2.20. The van der Waals surface area contributed by atoms with Crippen molar-refractivity contribution in [3.63, 3.8) is 0 Å². The van der Waals surface area contributed by atoms with Crippen molar-refractivity contribution in [3.8, 4) is 11.8 Å². The maximum atomic E-state index is 12.7. The van der Waals surface area contributed by atoms with Gasteiger partial charge in [0, 0.05) is 22.8 Å². The van der Waals surface area contributed by atoms with Gasteiger partial charge in [0.15, 0.2) is 11.7 Å². The molecule has 0 radical (unpaired) electrons. The Kier molecular flexibility index (Phi) is 6.73. The number of fused-ring (bicyclic) bond motifs is 1. The molecule has 4 rings (SSSR count). The molecule has 7 nitrogen and oxygen atoms in total. The summed E-state index contributed by atoms with van der Waals surface area (Å²) in [6.07, 6.45) is 3.03. The number of hydrogen-bond acceptors (Lipinski definition) is 6. The van der Waals surface area contributed by atoms with Gasteiger partial charge in [-0.25, -0.2) is 4.98 Å². The summed E-state index contributed by atoms with van der Waals surface area (Å²) in [6.45, 7) is -0.240. The standard InChI is InChI=1S/C25H18N4O3S/c26-15-20(24(31)28-21-10-9-17-5-1-2-6-18(17)14-21)13-19-7-3-4-8-22(19)32-16-23(30)29-25-27-11-12-33-25/h1-14H,16H2,(H,28,31)(H,27,29,30)/b20-13+. The molecule has 3 aromatic carbocycles. The van der Waals surface area contributed by atoms with E-state index < -0.39 is 5.91 Å². The van der Waals surface area contributed by atoms with Crippen molar-refractivity contribution in [2.45, 2.75) is 0 Å². The second-order valence-electron chi connectivity index (χ2n) is 6.90. The van der Waals surface area contributed by atoms with Crippen LogP contribution in [0.2, 0.25) is 0 Å². The van der Waals surface area contributed by atoms with Crippen LogP contribution in [0.5, 0.6) is 5.75 Å². The molecule has 1 aromatic heterocycles. The molecule has 0 fully saturated rings. The molecule has 0 saturated heterocycles. The molecule has 2 amide bonds. The van der Waals surface area contributed by atoms with Crippen molar-refractivity contribution in [1.29, 1.82) is 5.26 Å². The first-order valence-corrected chi connectivity index (χ1v) is 10.8. The fourth-order valence-electron chi connectivity index (χ4n) is 3.08. The normalized spacial score (nSPS) is 10.9. The van der Waals surface area contributed by atoms with Crippen LogP contribution in [0, 0.1) is 11.3 Å². The number of carbonyl (C=O) groups is 2. The topological polar surface area (TPSA) is 104 Å². The molecule has 0 aliphatic carbocycles. The minimum atomic E-state index is -0.538. The molecule has 0 unspecified atom stereocenters. The summed E-state index contributed by atoms with van der Waals surface area (Å²) in [5.41, 5.74) is 0.999. The lowest BCUT2D eigenvalue weighted by molar-refractivity contribution is -0.118. The smallest absolute Gasteiger partial charge is 0.266 e. The third-order valence-corrected chi connectivity index (χ3v) is 5.32. The lowest BCUT2D eigenvalue weighted by Gasteiger charge is -2.10. The van der Waals surface area contributed by atoms with Crippen molar-refractivity contribution in [2.24, 2.45) is 0 Å². The van der Waals surface area contributed by atoms with Crippen molar-refractivity contribution >= 4 is 50.8 Å². The largest absolute Gasteiger partial charge is 0.483 e. The number of hydrogen-bond donors (Lipinski definition) is 2. The number of ether oxygens (including phenoxy) is 1. The van der Waals surface area contributed by atoms with E-state index in [9.17, 15) is 14.9 Å². The number of nitrogens with one attached hydrogen (secondary N) is 2. The summed E-state index contributed by atoms with van der Waals surface area (Å²) in [6, 6.07) is 22.1. The van der Waals surface area contributed by atoms with E-state index in [4.69, 9.17) is 4.74 Å². The third kappa shape index (κ3) is 5.61. The number of amides is 2. The highest BCUT2D eigenvalue weighted by Crippen LogP contribution is 2.23. The van der Waals surface area contributed by atoms with E-state index in [0.717, 1.165) is 10.8 Å². The van der Waals surface area contributed by atoms with Gasteiger partial charge < -0.3 is 10.1 Å². The van der Waals surface area contributed by atoms with Crippen LogP contribution >= 0.6 is 11.3 Å². The van der Waals surface area contributed by atoms with Crippen LogP contribution in [0.4, 0.5) is 10.8 Å². The van der Waals surface area contributed by atoms with Crippen LogP contribution in [0.25, 0.3) is 16.8 Å². The summed E-state index contributed by atoms with van der Waals surface area (Å²) in [7, 11) is 0. The first-order valence-electron chi connectivity index (χ1n) is 9.95. The van der Waals surface area contributed by atoms with E-state index in [0.29, 0.717) is 22.1 Å². The Labute approximate surface area is 194 Å². The minimum absolute atomic E-state index is 0.0913. The van der Waals surface area contributed by atoms with Gasteiger partial charge in [0.1, 0.15) is 17.4 Å². The number of nitriles is 1. The summed E-state index contributed by atoms with van der Waals surface area (Å²) in [5, 5.41) is 19.2. The van der Waals surface area contributed by atoms with Gasteiger partial charge >= 0.3 is 0 Å². The second-order valence-corrected chi connectivity index (χ2v) is 7.79. The molecule has 0 atom stereocenters. The van der Waals surface area contributed by atoms with E-state index in [1.54, 1.807) is 41.9 Å². The molecule has 2 N–H and O–H groups in total. The average molecular weight is 455 g/mol. The van der Waals surface area contributed by atoms with Crippen molar-refractivity contribution < 1.29 is 14.3 Å². The highest BCUT2D eigenvalue weighted by molar-refractivity contribution is 7.13. The SMILES string of the molecule is N#C/C(=C\c1ccccc1OCC(=O)Nc1nccs1)C(=O)Nc1ccc2ccccc2c1. The van der Waals surface area contributed by atoms with Gasteiger partial charge in [-0.1, -0.05) is 48.5 Å². The van der Waals surface area contributed by atoms with Gasteiger partial charge in [-0.3, -0.25) is 14.9 Å². The molecule has 0 aliphatic heterocycles. The maximum absolute atomic E-state index is 12.7. The molecule has 0 aliphatic rings. The van der Waals surface area contributed by atoms with Crippen LogP contribution in [-0.2, 0) is 9.59 Å². The Morgan fingerprint density at radius 2 is 1.82 bits per heavy atom. The molecular weight excluding hydrogens is 436 g/mol. The van der Waals surface area contributed by atoms with Gasteiger partial charge in [0.2, 0.25) is 0 Å². The fourth-order valence-corrected chi connectivity index (χ4v) is 3.63. The molecule has 1 heterocycles. The van der Waals surface area contributed by atoms with Crippen LogP contribution in [0.3, 0.4) is 0 Å². The monoisotopic (exact) mass is 454 g/mol. The zero-order chi connectivity index (χ0) is 23.0. The number of rotatable bonds is 7. The Morgan fingerprint density at radius 3 is 2.61 bits per heavy atom. The number of carbonyl (C=O) groups excluding carboxylic acids is 2. The summed E-state index contributed by atoms with van der Waals surface area (Å²) >= 11 is 1.30. The second kappa shape index (κ2) is 10.2. The minimum Gasteiger partial charge on any atom is -0.483 e. The Morgan fingerprint density at radius 1 is 1.03 bits per heavy atom. The summed E-state index contributed by atoms with van der Waals surface area (Å²) in [4.78, 5) is 28.8. The van der Waals surface area contributed by atoms with Crippen molar-refractivity contribution in [3.05, 3.63) is 89.4 Å². The lowest BCUT2D eigenvalue weighted by atomic mass is 10.1. The predicted octanol–water partition coefficient (Wildman–Crippen LogP) is 4.86. The van der Waals surface area contributed by atoms with E-state index in [2.05, 4.69) is 15.6 Å². The van der Waals surface area contributed by atoms with Crippen LogP contribution in [-0.4, -0.2) is 23.4 Å². The van der Waals surface area contributed by atoms with E-state index in [-0.39, 0.29) is 18.1 Å². The average Bonchev–Trinajstić information content (AvgIpc) is 3.34. The van der Waals surface area contributed by atoms with Crippen molar-refractivity contribution in [1.82, 2.24) is 4.98 Å². The number of aromatic nitrogens is 1. The van der Waals surface area contributed by atoms with Gasteiger partial charge in [0.05, 0.1) is 0 Å². The van der Waals surface area contributed by atoms with Gasteiger partial charge in [0.25, 0.3) is 11.8 Å². The van der Waals surface area contributed by atoms with Crippen LogP contribution in [0.1, 0.15) is 5.56 Å². The number of anilines is 2. The molecule has 162 valence electrons. The van der Waals surface area contributed by atoms with Gasteiger partial charge in [-0.05, 0) is 35.0 Å². The van der Waals surface area contributed by atoms with E-state index in [1.165, 1.54) is 17.4 Å². The fraction of sp³-hybridized carbons (Fsp3) is 0.0400. The van der Waals surface area contributed by atoms with E-state index >= 15 is 0 Å². The molecule has 8 heteroatoms. The Bertz CT molecular complexity index is 1370. The molecule has 0 saturated carbocycles. The predicted molar refractivity (Wildman–Crippen MR) is 129 cm³/mol. The summed E-state index contributed by atoms with van der Waals surface area (Å²) < 4.78 is 5.62. The number of nitrogens with zero attached hydrogens (tertiary/aromatic N) is 2. The highest BCUT2D eigenvalue weighted by atomic mass is 32.1. The Balaban J connectivity index is 1.47. The van der Waals surface area contributed by atoms with Crippen molar-refractivity contribution in [2.75, 3.05) is 17.2 Å². The van der Waals surface area contributed by atoms with Gasteiger partial charge in [-0.15, -0.1) is 11.3 Å².